The molecule has 0 bridgehead atoms. The van der Waals surface area contributed by atoms with Gasteiger partial charge in [-0.2, -0.15) is 13.2 Å². The average Bonchev–Trinajstić information content (AvgIpc) is 3.37. The Kier molecular flexibility index (Phi) is 5.73. The summed E-state index contributed by atoms with van der Waals surface area (Å²) >= 11 is 0.680. The van der Waals surface area contributed by atoms with Crippen LogP contribution in [0.1, 0.15) is 27.2 Å². The fourth-order valence-corrected chi connectivity index (χ4v) is 4.19. The second-order valence-corrected chi connectivity index (χ2v) is 7.90. The van der Waals surface area contributed by atoms with Crippen LogP contribution in [0.2, 0.25) is 0 Å². The molecule has 0 radical (unpaired) electrons. The zero-order chi connectivity index (χ0) is 22.0. The van der Waals surface area contributed by atoms with Crippen LogP contribution in [-0.4, -0.2) is 17.6 Å². The standard InChI is InChI=1S/C23H18F3NO3S/c1-2-29-22(28)20-11-15-10-16(8-9-19(15)27-20)30-13-17-12-18(14-6-4-3-5-7-14)21(31-17)23(24,25)26/h3-12,27H,2,13H2,1H3. The van der Waals surface area contributed by atoms with Crippen molar-refractivity contribution < 1.29 is 27.4 Å². The van der Waals surface area contributed by atoms with E-state index < -0.39 is 17.0 Å². The number of carbonyl (C=O) groups excluding carboxylic acids is 1. The van der Waals surface area contributed by atoms with Gasteiger partial charge in [0.25, 0.3) is 0 Å². The van der Waals surface area contributed by atoms with Gasteiger partial charge in [-0.05, 0) is 42.8 Å². The van der Waals surface area contributed by atoms with Gasteiger partial charge in [0.1, 0.15) is 22.9 Å². The Morgan fingerprint density at radius 3 is 2.55 bits per heavy atom. The van der Waals surface area contributed by atoms with Gasteiger partial charge in [-0.25, -0.2) is 4.79 Å². The first kappa shape index (κ1) is 21.0. The normalized spacial score (nSPS) is 11.6. The molecule has 0 saturated carbocycles. The molecule has 31 heavy (non-hydrogen) atoms. The number of nitrogens with one attached hydrogen (secondary N) is 1. The summed E-state index contributed by atoms with van der Waals surface area (Å²) < 4.78 is 51.3. The number of esters is 1. The lowest BCUT2D eigenvalue weighted by Gasteiger charge is -2.07. The monoisotopic (exact) mass is 445 g/mol. The molecule has 2 aromatic heterocycles. The fraction of sp³-hybridized carbons (Fsp3) is 0.174. The third-order valence-corrected chi connectivity index (χ3v) is 5.75. The number of hydrogen-bond acceptors (Lipinski definition) is 4. The van der Waals surface area contributed by atoms with Crippen LogP contribution >= 0.6 is 11.3 Å². The van der Waals surface area contributed by atoms with Crippen molar-refractivity contribution in [1.29, 1.82) is 0 Å². The first-order valence-electron chi connectivity index (χ1n) is 9.53. The van der Waals surface area contributed by atoms with Crippen LogP contribution in [-0.2, 0) is 17.5 Å². The minimum Gasteiger partial charge on any atom is -0.488 e. The summed E-state index contributed by atoms with van der Waals surface area (Å²) in [6.07, 6.45) is -4.44. The largest absolute Gasteiger partial charge is 0.488 e. The minimum absolute atomic E-state index is 0.00123. The van der Waals surface area contributed by atoms with Gasteiger partial charge in [0, 0.05) is 21.3 Å². The highest BCUT2D eigenvalue weighted by Gasteiger charge is 2.36. The molecule has 4 nitrogen and oxygen atoms in total. The number of aromatic nitrogens is 1. The molecule has 0 aliphatic carbocycles. The number of aromatic amines is 1. The van der Waals surface area contributed by atoms with Crippen LogP contribution in [0.3, 0.4) is 0 Å². The smallest absolute Gasteiger partial charge is 0.426 e. The van der Waals surface area contributed by atoms with E-state index in [9.17, 15) is 18.0 Å². The first-order valence-corrected chi connectivity index (χ1v) is 10.3. The first-order chi connectivity index (χ1) is 14.8. The number of rotatable bonds is 6. The Bertz CT molecular complexity index is 1210. The van der Waals surface area contributed by atoms with Crippen molar-refractivity contribution in [3.05, 3.63) is 76.1 Å². The van der Waals surface area contributed by atoms with Crippen molar-refractivity contribution in [2.24, 2.45) is 0 Å². The molecule has 0 aliphatic heterocycles. The molecule has 0 unspecified atom stereocenters. The summed E-state index contributed by atoms with van der Waals surface area (Å²) in [4.78, 5) is 14.7. The van der Waals surface area contributed by atoms with Crippen molar-refractivity contribution in [2.45, 2.75) is 19.7 Å². The Hall–Kier alpha value is -3.26. The maximum absolute atomic E-state index is 13.5. The van der Waals surface area contributed by atoms with E-state index in [2.05, 4.69) is 4.98 Å². The molecular formula is C23H18F3NO3S. The maximum atomic E-state index is 13.5. The summed E-state index contributed by atoms with van der Waals surface area (Å²) in [6.45, 7) is 2.00. The lowest BCUT2D eigenvalue weighted by atomic mass is 10.1. The van der Waals surface area contributed by atoms with Crippen molar-refractivity contribution in [3.63, 3.8) is 0 Å². The number of benzene rings is 2. The molecule has 1 N–H and O–H groups in total. The third kappa shape index (κ3) is 4.59. The van der Waals surface area contributed by atoms with E-state index in [1.807, 2.05) is 0 Å². The zero-order valence-corrected chi connectivity index (χ0v) is 17.3. The highest BCUT2D eigenvalue weighted by molar-refractivity contribution is 7.12. The van der Waals surface area contributed by atoms with E-state index in [-0.39, 0.29) is 18.8 Å². The molecule has 160 valence electrons. The van der Waals surface area contributed by atoms with E-state index in [0.717, 1.165) is 10.9 Å². The number of alkyl halides is 3. The molecule has 8 heteroatoms. The van der Waals surface area contributed by atoms with Gasteiger partial charge >= 0.3 is 12.1 Å². The molecule has 0 spiro atoms. The number of thiophene rings is 1. The van der Waals surface area contributed by atoms with Crippen molar-refractivity contribution in [3.8, 4) is 16.9 Å². The Morgan fingerprint density at radius 2 is 1.84 bits per heavy atom. The Morgan fingerprint density at radius 1 is 1.06 bits per heavy atom. The molecular weight excluding hydrogens is 427 g/mol. The van der Waals surface area contributed by atoms with Gasteiger partial charge in [0.2, 0.25) is 0 Å². The maximum Gasteiger partial charge on any atom is 0.426 e. The van der Waals surface area contributed by atoms with Gasteiger partial charge in [-0.3, -0.25) is 0 Å². The third-order valence-electron chi connectivity index (χ3n) is 4.59. The molecule has 0 amide bonds. The van der Waals surface area contributed by atoms with Gasteiger partial charge < -0.3 is 14.5 Å². The topological polar surface area (TPSA) is 51.3 Å². The molecule has 4 aromatic rings. The Labute approximate surface area is 180 Å². The van der Waals surface area contributed by atoms with E-state index in [1.54, 1.807) is 61.5 Å². The zero-order valence-electron chi connectivity index (χ0n) is 16.5. The van der Waals surface area contributed by atoms with E-state index in [0.29, 0.717) is 33.2 Å². The predicted molar refractivity (Wildman–Crippen MR) is 113 cm³/mol. The second kappa shape index (κ2) is 8.47. The summed E-state index contributed by atoms with van der Waals surface area (Å²) in [5, 5.41) is 0.743. The van der Waals surface area contributed by atoms with Crippen LogP contribution in [0.4, 0.5) is 13.2 Å². The fourth-order valence-electron chi connectivity index (χ4n) is 3.23. The van der Waals surface area contributed by atoms with Gasteiger partial charge in [-0.1, -0.05) is 30.3 Å². The lowest BCUT2D eigenvalue weighted by Crippen LogP contribution is -2.04. The lowest BCUT2D eigenvalue weighted by molar-refractivity contribution is -0.133. The van der Waals surface area contributed by atoms with Crippen LogP contribution in [0.25, 0.3) is 22.0 Å². The Balaban J connectivity index is 1.55. The van der Waals surface area contributed by atoms with Crippen LogP contribution in [0, 0.1) is 0 Å². The van der Waals surface area contributed by atoms with Crippen LogP contribution < -0.4 is 4.74 Å². The van der Waals surface area contributed by atoms with Crippen LogP contribution in [0.15, 0.2) is 60.7 Å². The number of ether oxygens (including phenoxy) is 2. The number of halogens is 3. The number of fused-ring (bicyclic) bond motifs is 1. The predicted octanol–water partition coefficient (Wildman–Crippen LogP) is 6.67. The molecule has 0 fully saturated rings. The highest BCUT2D eigenvalue weighted by Crippen LogP contribution is 2.43. The summed E-state index contributed by atoms with van der Waals surface area (Å²) in [5.41, 5.74) is 1.72. The molecule has 4 rings (SSSR count). The van der Waals surface area contributed by atoms with Crippen molar-refractivity contribution >= 4 is 28.2 Å². The number of H-pyrrole nitrogens is 1. The quantitative estimate of drug-likeness (QED) is 0.337. The number of carbonyl (C=O) groups is 1. The summed E-state index contributed by atoms with van der Waals surface area (Å²) in [7, 11) is 0. The van der Waals surface area contributed by atoms with Crippen LogP contribution in [0.5, 0.6) is 5.75 Å². The molecule has 2 heterocycles. The van der Waals surface area contributed by atoms with Gasteiger partial charge in [-0.15, -0.1) is 11.3 Å². The molecule has 0 atom stereocenters. The van der Waals surface area contributed by atoms with Crippen molar-refractivity contribution in [1.82, 2.24) is 4.98 Å². The molecule has 0 saturated heterocycles. The highest BCUT2D eigenvalue weighted by atomic mass is 32.1. The van der Waals surface area contributed by atoms with E-state index in [1.165, 1.54) is 6.07 Å². The minimum atomic E-state index is -4.44. The SMILES string of the molecule is CCOC(=O)c1cc2cc(OCc3cc(-c4ccccc4)c(C(F)(F)F)s3)ccc2[nH]1. The van der Waals surface area contributed by atoms with Crippen molar-refractivity contribution in [2.75, 3.05) is 6.61 Å². The number of hydrogen-bond donors (Lipinski definition) is 1. The van der Waals surface area contributed by atoms with E-state index in [4.69, 9.17) is 9.47 Å². The molecule has 0 aliphatic rings. The summed E-state index contributed by atoms with van der Waals surface area (Å²) in [6, 6.07) is 16.8. The van der Waals surface area contributed by atoms with Gasteiger partial charge in [0.05, 0.1) is 6.61 Å². The second-order valence-electron chi connectivity index (χ2n) is 6.76. The van der Waals surface area contributed by atoms with E-state index >= 15 is 0 Å². The average molecular weight is 445 g/mol. The summed E-state index contributed by atoms with van der Waals surface area (Å²) in [5.74, 6) is 0.0398. The van der Waals surface area contributed by atoms with Gasteiger partial charge in [0.15, 0.2) is 0 Å². The molecule has 2 aromatic carbocycles.